The summed E-state index contributed by atoms with van der Waals surface area (Å²) in [7, 11) is -3.65. The fourth-order valence-corrected chi connectivity index (χ4v) is 8.96. The van der Waals surface area contributed by atoms with Gasteiger partial charge in [-0.15, -0.1) is 10.2 Å². The molecule has 10 heteroatoms. The summed E-state index contributed by atoms with van der Waals surface area (Å²) in [6.45, 7) is 10.7. The van der Waals surface area contributed by atoms with Gasteiger partial charge in [0.1, 0.15) is 0 Å². The number of rotatable bonds is 10. The average molecular weight is 632 g/mol. The second kappa shape index (κ2) is 13.7. The lowest BCUT2D eigenvalue weighted by molar-refractivity contribution is -0.133. The van der Waals surface area contributed by atoms with Gasteiger partial charge in [0.2, 0.25) is 15.9 Å². The van der Waals surface area contributed by atoms with Crippen LogP contribution < -0.4 is 0 Å². The van der Waals surface area contributed by atoms with Crippen LogP contribution in [0.5, 0.6) is 0 Å². The highest BCUT2D eigenvalue weighted by molar-refractivity contribution is 7.99. The van der Waals surface area contributed by atoms with E-state index >= 15 is 0 Å². The summed E-state index contributed by atoms with van der Waals surface area (Å²) in [5.41, 5.74) is 5.78. The summed E-state index contributed by atoms with van der Waals surface area (Å²) in [4.78, 5) is 15.3. The van der Waals surface area contributed by atoms with Crippen molar-refractivity contribution in [3.05, 3.63) is 89.0 Å². The zero-order chi connectivity index (χ0) is 31.4. The molecule has 1 aliphatic rings. The van der Waals surface area contributed by atoms with E-state index in [4.69, 9.17) is 0 Å². The second-order valence-electron chi connectivity index (χ2n) is 11.7. The number of para-hydroxylation sites is 1. The number of sulfonamides is 1. The Morgan fingerprint density at radius 3 is 2.23 bits per heavy atom. The summed E-state index contributed by atoms with van der Waals surface area (Å²) in [5.74, 6) is 1.69. The van der Waals surface area contributed by atoms with Crippen LogP contribution in [-0.4, -0.2) is 69.7 Å². The largest absolute Gasteiger partial charge is 0.340 e. The van der Waals surface area contributed by atoms with Gasteiger partial charge in [-0.2, -0.15) is 4.31 Å². The zero-order valence-electron chi connectivity index (χ0n) is 26.2. The van der Waals surface area contributed by atoms with Gasteiger partial charge < -0.3 is 4.90 Å². The fourth-order valence-electron chi connectivity index (χ4n) is 5.98. The van der Waals surface area contributed by atoms with Crippen LogP contribution >= 0.6 is 11.8 Å². The monoisotopic (exact) mass is 631 g/mol. The second-order valence-corrected chi connectivity index (χ2v) is 14.6. The lowest BCUT2D eigenvalue weighted by atomic mass is 10.1. The Balaban J connectivity index is 1.15. The fraction of sp³-hybridized carbons (Fsp3) is 0.382. The third-order valence-electron chi connectivity index (χ3n) is 8.06. The Morgan fingerprint density at radius 2 is 1.57 bits per heavy atom. The quantitative estimate of drug-likeness (QED) is 0.150. The van der Waals surface area contributed by atoms with Gasteiger partial charge in [0.15, 0.2) is 11.0 Å². The lowest BCUT2D eigenvalue weighted by Crippen LogP contribution is -2.55. The van der Waals surface area contributed by atoms with Gasteiger partial charge in [-0.25, -0.2) is 8.42 Å². The molecule has 2 heterocycles. The molecule has 0 bridgehead atoms. The number of aromatic nitrogens is 3. The molecule has 8 nitrogen and oxygen atoms in total. The van der Waals surface area contributed by atoms with Crippen LogP contribution in [0.2, 0.25) is 0 Å². The van der Waals surface area contributed by atoms with Gasteiger partial charge in [-0.3, -0.25) is 9.36 Å². The Kier molecular flexibility index (Phi) is 9.92. The van der Waals surface area contributed by atoms with Crippen molar-refractivity contribution in [3.63, 3.8) is 0 Å². The summed E-state index contributed by atoms with van der Waals surface area (Å²) in [6.07, 6.45) is 2.05. The van der Waals surface area contributed by atoms with Crippen molar-refractivity contribution < 1.29 is 13.2 Å². The van der Waals surface area contributed by atoms with Crippen molar-refractivity contribution in [1.82, 2.24) is 24.0 Å². The first-order valence-corrected chi connectivity index (χ1v) is 17.6. The number of hydrogen-bond donors (Lipinski definition) is 0. The Bertz CT molecular complexity index is 1700. The van der Waals surface area contributed by atoms with E-state index in [1.54, 1.807) is 16.1 Å². The molecule has 0 spiro atoms. The number of hydrogen-bond acceptors (Lipinski definition) is 6. The third kappa shape index (κ3) is 6.92. The first-order valence-electron chi connectivity index (χ1n) is 15.1. The molecule has 4 aromatic rings. The van der Waals surface area contributed by atoms with Gasteiger partial charge in [-0.1, -0.05) is 77.5 Å². The molecule has 0 radical (unpaired) electrons. The van der Waals surface area contributed by atoms with Gasteiger partial charge >= 0.3 is 0 Å². The highest BCUT2D eigenvalue weighted by Crippen LogP contribution is 2.30. The van der Waals surface area contributed by atoms with E-state index in [9.17, 15) is 13.2 Å². The Hall–Kier alpha value is -3.47. The third-order valence-corrected chi connectivity index (χ3v) is 11.4. The van der Waals surface area contributed by atoms with Crippen molar-refractivity contribution in [2.45, 2.75) is 70.0 Å². The Labute approximate surface area is 265 Å². The molecule has 232 valence electrons. The molecule has 1 amide bonds. The van der Waals surface area contributed by atoms with Gasteiger partial charge in [0, 0.05) is 49.1 Å². The minimum Gasteiger partial charge on any atom is -0.340 e. The average Bonchev–Trinajstić information content (AvgIpc) is 3.40. The first kappa shape index (κ1) is 31.9. The van der Waals surface area contributed by atoms with Crippen molar-refractivity contribution in [2.75, 3.05) is 25.4 Å². The van der Waals surface area contributed by atoms with Crippen molar-refractivity contribution in [3.8, 4) is 17.1 Å². The minimum atomic E-state index is -3.65. The van der Waals surface area contributed by atoms with Crippen LogP contribution in [0.15, 0.2) is 76.8 Å². The number of unbranched alkanes of at least 4 members (excludes halogenated alkanes) is 1. The number of nitrogens with zero attached hydrogens (tertiary/aromatic N) is 5. The number of aryl methyl sites for hydroxylation is 4. The molecule has 1 aliphatic heterocycles. The number of piperazine rings is 1. The minimum absolute atomic E-state index is 0.0794. The highest BCUT2D eigenvalue weighted by Gasteiger charge is 2.36. The molecular formula is C34H41N5O3S2. The molecule has 1 aromatic heterocycles. The van der Waals surface area contributed by atoms with Crippen molar-refractivity contribution in [1.29, 1.82) is 0 Å². The molecule has 3 aromatic carbocycles. The van der Waals surface area contributed by atoms with Gasteiger partial charge in [0.05, 0.1) is 4.90 Å². The van der Waals surface area contributed by atoms with Crippen molar-refractivity contribution >= 4 is 27.7 Å². The van der Waals surface area contributed by atoms with E-state index in [-0.39, 0.29) is 11.9 Å². The van der Waals surface area contributed by atoms with E-state index in [1.807, 2.05) is 62.9 Å². The lowest BCUT2D eigenvalue weighted by Gasteiger charge is -2.39. The SMILES string of the molecule is Cc1ccc(-c2nnc(SCCCCC(=O)N3CCN(S(=O)(=O)c4c(C)cc(C)cc4C)C(C)C3)n2-c2ccccc2)cc1. The smallest absolute Gasteiger partial charge is 0.243 e. The normalized spacial score (nSPS) is 15.9. The Morgan fingerprint density at radius 1 is 0.886 bits per heavy atom. The van der Waals surface area contributed by atoms with E-state index in [1.165, 1.54) is 5.56 Å². The molecule has 0 aliphatic carbocycles. The molecule has 0 N–H and O–H groups in total. The van der Waals surface area contributed by atoms with Crippen LogP contribution in [0.1, 0.15) is 48.4 Å². The van der Waals surface area contributed by atoms with Gasteiger partial charge in [0.25, 0.3) is 0 Å². The molecule has 5 rings (SSSR count). The van der Waals surface area contributed by atoms with E-state index in [0.29, 0.717) is 31.0 Å². The molecule has 1 fully saturated rings. The van der Waals surface area contributed by atoms with E-state index in [0.717, 1.165) is 57.5 Å². The summed E-state index contributed by atoms with van der Waals surface area (Å²) < 4.78 is 30.9. The zero-order valence-corrected chi connectivity index (χ0v) is 27.8. The molecule has 1 atom stereocenters. The maximum absolute atomic E-state index is 13.6. The summed E-state index contributed by atoms with van der Waals surface area (Å²) in [5, 5.41) is 9.87. The molecule has 0 saturated carbocycles. The predicted molar refractivity (Wildman–Crippen MR) is 177 cm³/mol. The summed E-state index contributed by atoms with van der Waals surface area (Å²) in [6, 6.07) is 22.0. The number of carbonyl (C=O) groups is 1. The molecular weight excluding hydrogens is 591 g/mol. The van der Waals surface area contributed by atoms with Crippen LogP contribution in [0.3, 0.4) is 0 Å². The number of benzene rings is 3. The first-order chi connectivity index (χ1) is 21.1. The van der Waals surface area contributed by atoms with Crippen molar-refractivity contribution in [2.24, 2.45) is 0 Å². The van der Waals surface area contributed by atoms with E-state index < -0.39 is 10.0 Å². The number of carbonyl (C=O) groups excluding carboxylic acids is 1. The van der Waals surface area contributed by atoms with Crippen LogP contribution in [0.25, 0.3) is 17.1 Å². The molecule has 1 saturated heterocycles. The molecule has 1 unspecified atom stereocenters. The highest BCUT2D eigenvalue weighted by atomic mass is 32.2. The van der Waals surface area contributed by atoms with Crippen LogP contribution in [0, 0.1) is 27.7 Å². The van der Waals surface area contributed by atoms with Crippen LogP contribution in [0.4, 0.5) is 0 Å². The number of thioether (sulfide) groups is 1. The number of amides is 1. The van der Waals surface area contributed by atoms with Gasteiger partial charge in [-0.05, 0) is 70.7 Å². The maximum atomic E-state index is 13.6. The van der Waals surface area contributed by atoms with E-state index in [2.05, 4.69) is 58.1 Å². The maximum Gasteiger partial charge on any atom is 0.243 e. The predicted octanol–water partition coefficient (Wildman–Crippen LogP) is 6.35. The van der Waals surface area contributed by atoms with Crippen LogP contribution in [-0.2, 0) is 14.8 Å². The summed E-state index contributed by atoms with van der Waals surface area (Å²) >= 11 is 1.64. The topological polar surface area (TPSA) is 88.4 Å². The standard InChI is InChI=1S/C34H41N5O3S2/c1-24-14-16-29(17-15-24)33-35-36-34(39(33)30-11-7-6-8-12-30)43-20-10-9-13-31(40)37-18-19-38(28(5)23-37)44(41,42)32-26(3)21-25(2)22-27(32)4/h6-8,11-12,14-17,21-22,28H,9-10,13,18-20,23H2,1-5H3. The molecule has 44 heavy (non-hydrogen) atoms.